The number of hydrogen-bond acceptors (Lipinski definition) is 4. The first kappa shape index (κ1) is 19.4. The Morgan fingerprint density at radius 3 is 2.30 bits per heavy atom. The van der Waals surface area contributed by atoms with Gasteiger partial charge in [-0.3, -0.25) is 4.79 Å². The topological polar surface area (TPSA) is 41.6 Å². The minimum Gasteiger partial charge on any atom is -0.468 e. The molecular formula is C16H34N2O2. The minimum atomic E-state index is -0.588. The maximum atomic E-state index is 12.0. The maximum absolute atomic E-state index is 12.0. The van der Waals surface area contributed by atoms with Crippen molar-refractivity contribution in [2.24, 2.45) is 5.92 Å². The molecule has 1 N–H and O–H groups in total. The molecule has 1 unspecified atom stereocenters. The highest BCUT2D eigenvalue weighted by molar-refractivity contribution is 5.80. The molecule has 0 rings (SSSR count). The van der Waals surface area contributed by atoms with Crippen molar-refractivity contribution in [2.75, 3.05) is 26.7 Å². The Morgan fingerprint density at radius 2 is 1.90 bits per heavy atom. The van der Waals surface area contributed by atoms with Crippen LogP contribution in [-0.2, 0) is 9.53 Å². The summed E-state index contributed by atoms with van der Waals surface area (Å²) in [5.74, 6) is 0.463. The zero-order chi connectivity index (χ0) is 15.8. The Labute approximate surface area is 125 Å². The van der Waals surface area contributed by atoms with Gasteiger partial charge >= 0.3 is 5.97 Å². The summed E-state index contributed by atoms with van der Waals surface area (Å²) in [6.45, 7) is 15.7. The molecule has 120 valence electrons. The SMILES string of the molecule is CCCNC(C)(CCN(CC(C)C)C(C)C)C(=O)OC. The fourth-order valence-corrected chi connectivity index (χ4v) is 2.29. The van der Waals surface area contributed by atoms with E-state index in [1.807, 2.05) is 6.92 Å². The quantitative estimate of drug-likeness (QED) is 0.627. The first-order valence-electron chi connectivity index (χ1n) is 7.84. The van der Waals surface area contributed by atoms with Crippen LogP contribution in [0.1, 0.15) is 54.4 Å². The van der Waals surface area contributed by atoms with Gasteiger partial charge < -0.3 is 15.0 Å². The van der Waals surface area contributed by atoms with E-state index in [0.717, 1.165) is 32.5 Å². The van der Waals surface area contributed by atoms with Gasteiger partial charge in [0.25, 0.3) is 0 Å². The van der Waals surface area contributed by atoms with Crippen LogP contribution in [0.25, 0.3) is 0 Å². The average molecular weight is 286 g/mol. The second kappa shape index (κ2) is 9.35. The summed E-state index contributed by atoms with van der Waals surface area (Å²) < 4.78 is 4.97. The minimum absolute atomic E-state index is 0.167. The van der Waals surface area contributed by atoms with Gasteiger partial charge in [-0.05, 0) is 46.1 Å². The normalized spacial score (nSPS) is 14.9. The standard InChI is InChI=1S/C16H34N2O2/c1-8-10-17-16(6,15(19)20-7)9-11-18(14(4)5)12-13(2)3/h13-14,17H,8-12H2,1-7H3. The van der Waals surface area contributed by atoms with E-state index >= 15 is 0 Å². The van der Waals surface area contributed by atoms with Crippen molar-refractivity contribution in [3.63, 3.8) is 0 Å². The second-order valence-corrected chi connectivity index (χ2v) is 6.48. The number of esters is 1. The van der Waals surface area contributed by atoms with Crippen molar-refractivity contribution in [2.45, 2.75) is 66.0 Å². The number of nitrogens with one attached hydrogen (secondary N) is 1. The number of rotatable bonds is 10. The molecule has 0 fully saturated rings. The fourth-order valence-electron chi connectivity index (χ4n) is 2.29. The summed E-state index contributed by atoms with van der Waals surface area (Å²) in [5, 5.41) is 3.34. The van der Waals surface area contributed by atoms with Gasteiger partial charge in [0.05, 0.1) is 7.11 Å². The van der Waals surface area contributed by atoms with E-state index in [1.165, 1.54) is 7.11 Å². The van der Waals surface area contributed by atoms with E-state index in [4.69, 9.17) is 4.74 Å². The number of carbonyl (C=O) groups is 1. The molecule has 0 aromatic carbocycles. The van der Waals surface area contributed by atoms with E-state index in [0.29, 0.717) is 12.0 Å². The van der Waals surface area contributed by atoms with E-state index in [9.17, 15) is 4.79 Å². The summed E-state index contributed by atoms with van der Waals surface area (Å²) in [7, 11) is 1.46. The Kier molecular flexibility index (Phi) is 9.06. The van der Waals surface area contributed by atoms with Gasteiger partial charge in [-0.2, -0.15) is 0 Å². The summed E-state index contributed by atoms with van der Waals surface area (Å²) in [6.07, 6.45) is 1.77. The molecule has 4 heteroatoms. The first-order chi connectivity index (χ1) is 9.26. The molecule has 0 heterocycles. The number of ether oxygens (including phenoxy) is 1. The summed E-state index contributed by atoms with van der Waals surface area (Å²) in [4.78, 5) is 14.5. The van der Waals surface area contributed by atoms with Gasteiger partial charge in [-0.1, -0.05) is 20.8 Å². The molecule has 0 aromatic heterocycles. The first-order valence-corrected chi connectivity index (χ1v) is 7.84. The predicted molar refractivity (Wildman–Crippen MR) is 84.9 cm³/mol. The summed E-state index contributed by atoms with van der Waals surface area (Å²) >= 11 is 0. The van der Waals surface area contributed by atoms with Crippen molar-refractivity contribution < 1.29 is 9.53 Å². The van der Waals surface area contributed by atoms with Crippen LogP contribution < -0.4 is 5.32 Å². The molecule has 0 spiro atoms. The third-order valence-corrected chi connectivity index (χ3v) is 3.63. The monoisotopic (exact) mass is 286 g/mol. The third kappa shape index (κ3) is 6.71. The molecule has 0 aliphatic carbocycles. The van der Waals surface area contributed by atoms with Crippen molar-refractivity contribution >= 4 is 5.97 Å². The van der Waals surface area contributed by atoms with Gasteiger partial charge in [0.15, 0.2) is 0 Å². The van der Waals surface area contributed by atoms with Gasteiger partial charge in [-0.15, -0.1) is 0 Å². The highest BCUT2D eigenvalue weighted by atomic mass is 16.5. The average Bonchev–Trinajstić information content (AvgIpc) is 2.39. The van der Waals surface area contributed by atoms with Gasteiger partial charge in [-0.25, -0.2) is 0 Å². The number of hydrogen-bond donors (Lipinski definition) is 1. The van der Waals surface area contributed by atoms with Crippen LogP contribution in [0.4, 0.5) is 0 Å². The highest BCUT2D eigenvalue weighted by Gasteiger charge is 2.34. The van der Waals surface area contributed by atoms with Crippen LogP contribution >= 0.6 is 0 Å². The number of nitrogens with zero attached hydrogens (tertiary/aromatic N) is 1. The Balaban J connectivity index is 4.67. The lowest BCUT2D eigenvalue weighted by atomic mass is 9.96. The molecule has 4 nitrogen and oxygen atoms in total. The Hall–Kier alpha value is -0.610. The van der Waals surface area contributed by atoms with E-state index in [1.54, 1.807) is 0 Å². The zero-order valence-corrected chi connectivity index (χ0v) is 14.5. The van der Waals surface area contributed by atoms with Crippen molar-refractivity contribution in [1.82, 2.24) is 10.2 Å². The molecule has 0 radical (unpaired) electrons. The van der Waals surface area contributed by atoms with Crippen LogP contribution in [0.3, 0.4) is 0 Å². The van der Waals surface area contributed by atoms with Crippen molar-refractivity contribution in [3.8, 4) is 0 Å². The fraction of sp³-hybridized carbons (Fsp3) is 0.938. The lowest BCUT2D eigenvalue weighted by Crippen LogP contribution is -2.52. The number of methoxy groups -OCH3 is 1. The van der Waals surface area contributed by atoms with Crippen LogP contribution in [0.15, 0.2) is 0 Å². The van der Waals surface area contributed by atoms with Crippen LogP contribution in [-0.4, -0.2) is 49.2 Å². The predicted octanol–water partition coefficient (Wildman–Crippen LogP) is 2.67. The van der Waals surface area contributed by atoms with Gasteiger partial charge in [0.1, 0.15) is 5.54 Å². The van der Waals surface area contributed by atoms with E-state index < -0.39 is 5.54 Å². The van der Waals surface area contributed by atoms with Crippen molar-refractivity contribution in [1.29, 1.82) is 0 Å². The molecule has 0 aliphatic rings. The van der Waals surface area contributed by atoms with Gasteiger partial charge in [0.2, 0.25) is 0 Å². The summed E-state index contributed by atoms with van der Waals surface area (Å²) in [5.41, 5.74) is -0.588. The molecule has 1 atom stereocenters. The summed E-state index contributed by atoms with van der Waals surface area (Å²) in [6, 6.07) is 0.491. The zero-order valence-electron chi connectivity index (χ0n) is 14.5. The maximum Gasteiger partial charge on any atom is 0.325 e. The lowest BCUT2D eigenvalue weighted by molar-refractivity contribution is -0.148. The molecule has 0 bridgehead atoms. The Morgan fingerprint density at radius 1 is 1.30 bits per heavy atom. The highest BCUT2D eigenvalue weighted by Crippen LogP contribution is 2.15. The van der Waals surface area contributed by atoms with Crippen LogP contribution in [0, 0.1) is 5.92 Å². The van der Waals surface area contributed by atoms with Crippen LogP contribution in [0.2, 0.25) is 0 Å². The van der Waals surface area contributed by atoms with E-state index in [-0.39, 0.29) is 5.97 Å². The lowest BCUT2D eigenvalue weighted by Gasteiger charge is -2.33. The molecule has 0 saturated carbocycles. The van der Waals surface area contributed by atoms with E-state index in [2.05, 4.69) is 44.8 Å². The molecule has 0 saturated heterocycles. The molecule has 0 amide bonds. The Bertz CT molecular complexity index is 280. The molecular weight excluding hydrogens is 252 g/mol. The molecule has 0 aliphatic heterocycles. The largest absolute Gasteiger partial charge is 0.468 e. The van der Waals surface area contributed by atoms with Crippen molar-refractivity contribution in [3.05, 3.63) is 0 Å². The second-order valence-electron chi connectivity index (χ2n) is 6.48. The van der Waals surface area contributed by atoms with Crippen LogP contribution in [0.5, 0.6) is 0 Å². The molecule has 0 aromatic rings. The molecule has 20 heavy (non-hydrogen) atoms. The van der Waals surface area contributed by atoms with Gasteiger partial charge in [0, 0.05) is 19.1 Å². The number of carbonyl (C=O) groups excluding carboxylic acids is 1. The third-order valence-electron chi connectivity index (χ3n) is 3.63. The smallest absolute Gasteiger partial charge is 0.325 e.